The van der Waals surface area contributed by atoms with E-state index in [0.717, 1.165) is 15.7 Å². The number of hydrogen-bond donors (Lipinski definition) is 0. The first-order valence-electron chi connectivity index (χ1n) is 6.29. The zero-order valence-electron chi connectivity index (χ0n) is 11.9. The molecular weight excluding hydrogens is 338 g/mol. The highest BCUT2D eigenvalue weighted by Gasteiger charge is 2.15. The second-order valence-electron chi connectivity index (χ2n) is 4.78. The van der Waals surface area contributed by atoms with Gasteiger partial charge in [-0.15, -0.1) is 0 Å². The number of aryl methyl sites for hydroxylation is 1. The molecule has 0 aliphatic heterocycles. The lowest BCUT2D eigenvalue weighted by molar-refractivity contribution is -0.385. The quantitative estimate of drug-likeness (QED) is 0.629. The summed E-state index contributed by atoms with van der Waals surface area (Å²) < 4.78 is 2.27. The van der Waals surface area contributed by atoms with E-state index in [2.05, 4.69) is 20.9 Å². The van der Waals surface area contributed by atoms with Crippen LogP contribution in [0.3, 0.4) is 0 Å². The monoisotopic (exact) mass is 351 g/mol. The predicted molar refractivity (Wildman–Crippen MR) is 82.6 cm³/mol. The van der Waals surface area contributed by atoms with E-state index < -0.39 is 4.92 Å². The summed E-state index contributed by atoms with van der Waals surface area (Å²) in [5.41, 5.74) is 2.36. The van der Waals surface area contributed by atoms with Gasteiger partial charge < -0.3 is 0 Å². The SMILES string of the molecule is Cc1nc(=O)n(Cc2cccc([N+](=O)[O-])c2C)c(C)c1Br. The molecule has 1 heterocycles. The molecule has 2 aromatic rings. The Kier molecular flexibility index (Phi) is 4.22. The minimum absolute atomic E-state index is 0.0531. The van der Waals surface area contributed by atoms with Gasteiger partial charge in [0.2, 0.25) is 0 Å². The lowest BCUT2D eigenvalue weighted by Gasteiger charge is -2.13. The fourth-order valence-electron chi connectivity index (χ4n) is 2.17. The van der Waals surface area contributed by atoms with E-state index in [4.69, 9.17) is 0 Å². The molecule has 0 saturated carbocycles. The van der Waals surface area contributed by atoms with E-state index in [0.29, 0.717) is 11.3 Å². The normalized spacial score (nSPS) is 10.7. The lowest BCUT2D eigenvalue weighted by Crippen LogP contribution is -2.27. The fourth-order valence-corrected chi connectivity index (χ4v) is 2.47. The van der Waals surface area contributed by atoms with Crippen LogP contribution in [-0.2, 0) is 6.54 Å². The highest BCUT2D eigenvalue weighted by Crippen LogP contribution is 2.23. The first-order valence-corrected chi connectivity index (χ1v) is 7.08. The van der Waals surface area contributed by atoms with Gasteiger partial charge in [-0.1, -0.05) is 12.1 Å². The van der Waals surface area contributed by atoms with Gasteiger partial charge in [0.15, 0.2) is 0 Å². The number of aromatic nitrogens is 2. The summed E-state index contributed by atoms with van der Waals surface area (Å²) in [5.74, 6) is 0. The van der Waals surface area contributed by atoms with Crippen LogP contribution in [0.1, 0.15) is 22.5 Å². The van der Waals surface area contributed by atoms with Gasteiger partial charge in [0.25, 0.3) is 5.69 Å². The molecular formula is C14H14BrN3O3. The van der Waals surface area contributed by atoms with Crippen molar-refractivity contribution in [1.82, 2.24) is 9.55 Å². The van der Waals surface area contributed by atoms with Crippen LogP contribution in [0.25, 0.3) is 0 Å². The second kappa shape index (κ2) is 5.77. The topological polar surface area (TPSA) is 78.0 Å². The molecule has 21 heavy (non-hydrogen) atoms. The van der Waals surface area contributed by atoms with Crippen LogP contribution in [0, 0.1) is 30.9 Å². The van der Waals surface area contributed by atoms with Gasteiger partial charge in [0.05, 0.1) is 21.6 Å². The number of nitro benzene ring substituents is 1. The minimum Gasteiger partial charge on any atom is -0.291 e. The Bertz CT molecular complexity index is 784. The van der Waals surface area contributed by atoms with E-state index in [9.17, 15) is 14.9 Å². The van der Waals surface area contributed by atoms with Crippen LogP contribution in [0.15, 0.2) is 27.5 Å². The lowest BCUT2D eigenvalue weighted by atomic mass is 10.1. The maximum Gasteiger partial charge on any atom is 0.348 e. The summed E-state index contributed by atoms with van der Waals surface area (Å²) in [4.78, 5) is 26.5. The van der Waals surface area contributed by atoms with Crippen LogP contribution >= 0.6 is 15.9 Å². The molecule has 0 spiro atoms. The number of halogens is 1. The van der Waals surface area contributed by atoms with Crippen molar-refractivity contribution < 1.29 is 4.92 Å². The van der Waals surface area contributed by atoms with Gasteiger partial charge in [0, 0.05) is 17.3 Å². The van der Waals surface area contributed by atoms with E-state index in [1.807, 2.05) is 6.92 Å². The van der Waals surface area contributed by atoms with Crippen LogP contribution < -0.4 is 5.69 Å². The minimum atomic E-state index is -0.419. The summed E-state index contributed by atoms with van der Waals surface area (Å²) in [6.45, 7) is 5.50. The molecule has 1 aromatic heterocycles. The third kappa shape index (κ3) is 2.87. The average molecular weight is 352 g/mol. The smallest absolute Gasteiger partial charge is 0.291 e. The van der Waals surface area contributed by atoms with Crippen molar-refractivity contribution in [3.05, 3.63) is 65.8 Å². The Hall–Kier alpha value is -2.02. The van der Waals surface area contributed by atoms with Gasteiger partial charge in [-0.2, -0.15) is 4.98 Å². The highest BCUT2D eigenvalue weighted by molar-refractivity contribution is 9.10. The van der Waals surface area contributed by atoms with Gasteiger partial charge in [-0.25, -0.2) is 4.79 Å². The Morgan fingerprint density at radius 3 is 2.62 bits per heavy atom. The van der Waals surface area contributed by atoms with E-state index in [-0.39, 0.29) is 17.9 Å². The fraction of sp³-hybridized carbons (Fsp3) is 0.286. The van der Waals surface area contributed by atoms with Crippen molar-refractivity contribution in [2.75, 3.05) is 0 Å². The molecule has 0 atom stereocenters. The van der Waals surface area contributed by atoms with Crippen LogP contribution in [0.4, 0.5) is 5.69 Å². The van der Waals surface area contributed by atoms with E-state index in [1.165, 1.54) is 10.6 Å². The van der Waals surface area contributed by atoms with Crippen molar-refractivity contribution in [3.8, 4) is 0 Å². The van der Waals surface area contributed by atoms with Gasteiger partial charge in [-0.3, -0.25) is 14.7 Å². The van der Waals surface area contributed by atoms with E-state index >= 15 is 0 Å². The highest BCUT2D eigenvalue weighted by atomic mass is 79.9. The van der Waals surface area contributed by atoms with Gasteiger partial charge >= 0.3 is 5.69 Å². The molecule has 2 rings (SSSR count). The van der Waals surface area contributed by atoms with Crippen molar-refractivity contribution >= 4 is 21.6 Å². The summed E-state index contributed by atoms with van der Waals surface area (Å²) in [5, 5.41) is 11.0. The standard InChI is InChI=1S/C14H14BrN3O3/c1-8-11(5-4-6-12(8)18(20)21)7-17-10(3)13(15)9(2)16-14(17)19/h4-6H,7H2,1-3H3. The molecule has 1 aromatic carbocycles. The van der Waals surface area contributed by atoms with Crippen LogP contribution in [0.5, 0.6) is 0 Å². The Labute approximate surface area is 129 Å². The maximum absolute atomic E-state index is 12.0. The molecule has 7 heteroatoms. The average Bonchev–Trinajstić information content (AvgIpc) is 2.42. The van der Waals surface area contributed by atoms with Crippen molar-refractivity contribution in [2.45, 2.75) is 27.3 Å². The molecule has 0 aliphatic rings. The predicted octanol–water partition coefficient (Wildman–Crippen LogP) is 2.89. The van der Waals surface area contributed by atoms with Crippen LogP contribution in [-0.4, -0.2) is 14.5 Å². The summed E-state index contributed by atoms with van der Waals surface area (Å²) >= 11 is 3.40. The van der Waals surface area contributed by atoms with E-state index in [1.54, 1.807) is 26.0 Å². The molecule has 0 N–H and O–H groups in total. The molecule has 6 nitrogen and oxygen atoms in total. The Balaban J connectivity index is 2.54. The molecule has 0 radical (unpaired) electrons. The molecule has 110 valence electrons. The third-order valence-electron chi connectivity index (χ3n) is 3.48. The Morgan fingerprint density at radius 1 is 1.33 bits per heavy atom. The van der Waals surface area contributed by atoms with Gasteiger partial charge in [0.1, 0.15) is 0 Å². The zero-order valence-corrected chi connectivity index (χ0v) is 13.5. The van der Waals surface area contributed by atoms with Crippen molar-refractivity contribution in [1.29, 1.82) is 0 Å². The van der Waals surface area contributed by atoms with Crippen molar-refractivity contribution in [3.63, 3.8) is 0 Å². The third-order valence-corrected chi connectivity index (χ3v) is 4.62. The van der Waals surface area contributed by atoms with Crippen LogP contribution in [0.2, 0.25) is 0 Å². The number of nitrogens with zero attached hydrogens (tertiary/aromatic N) is 3. The molecule has 0 aliphatic carbocycles. The molecule has 0 amide bonds. The number of benzene rings is 1. The second-order valence-corrected chi connectivity index (χ2v) is 5.58. The maximum atomic E-state index is 12.0. The number of nitro groups is 1. The van der Waals surface area contributed by atoms with Gasteiger partial charge in [-0.05, 0) is 42.3 Å². The van der Waals surface area contributed by atoms with Crippen molar-refractivity contribution in [2.24, 2.45) is 0 Å². The largest absolute Gasteiger partial charge is 0.348 e. The summed E-state index contributed by atoms with van der Waals surface area (Å²) in [7, 11) is 0. The number of rotatable bonds is 3. The summed E-state index contributed by atoms with van der Waals surface area (Å²) in [6, 6.07) is 4.86. The first-order chi connectivity index (χ1) is 9.82. The molecule has 0 unspecified atom stereocenters. The molecule has 0 fully saturated rings. The number of hydrogen-bond acceptors (Lipinski definition) is 4. The summed E-state index contributed by atoms with van der Waals surface area (Å²) in [6.07, 6.45) is 0. The zero-order chi connectivity index (χ0) is 15.7. The first kappa shape index (κ1) is 15.4. The molecule has 0 saturated heterocycles. The Morgan fingerprint density at radius 2 is 2.00 bits per heavy atom. The molecule has 0 bridgehead atoms.